The Hall–Kier alpha value is -4.06. The van der Waals surface area contributed by atoms with Crippen molar-refractivity contribution < 1.29 is 23.9 Å². The van der Waals surface area contributed by atoms with Gasteiger partial charge in [-0.25, -0.2) is 4.79 Å². The Balaban J connectivity index is 1.56. The van der Waals surface area contributed by atoms with Crippen LogP contribution in [0, 0.1) is 18.3 Å². The number of benzene rings is 2. The summed E-state index contributed by atoms with van der Waals surface area (Å²) in [6, 6.07) is 13.6. The summed E-state index contributed by atoms with van der Waals surface area (Å²) in [4.78, 5) is 41.3. The van der Waals surface area contributed by atoms with E-state index < -0.39 is 29.9 Å². The van der Waals surface area contributed by atoms with Gasteiger partial charge < -0.3 is 19.7 Å². The molecule has 2 heterocycles. The van der Waals surface area contributed by atoms with Gasteiger partial charge in [-0.2, -0.15) is 5.26 Å². The van der Waals surface area contributed by atoms with Crippen LogP contribution in [0.3, 0.4) is 0 Å². The summed E-state index contributed by atoms with van der Waals surface area (Å²) in [6.45, 7) is 3.32. The molecule has 1 unspecified atom stereocenters. The summed E-state index contributed by atoms with van der Waals surface area (Å²) in [5.41, 5.74) is 0.797. The van der Waals surface area contributed by atoms with Crippen LogP contribution in [0.25, 0.3) is 0 Å². The number of nitrogens with one attached hydrogen (secondary N) is 1. The summed E-state index contributed by atoms with van der Waals surface area (Å²) in [6.07, 6.45) is 0.120. The van der Waals surface area contributed by atoms with Crippen LogP contribution in [0.2, 0.25) is 0 Å². The molecule has 1 fully saturated rings. The number of hydrogen-bond donors (Lipinski definition) is 1. The van der Waals surface area contributed by atoms with Gasteiger partial charge in [-0.3, -0.25) is 14.5 Å². The van der Waals surface area contributed by atoms with Gasteiger partial charge in [0.25, 0.3) is 5.91 Å². The lowest BCUT2D eigenvalue weighted by Crippen LogP contribution is -2.45. The maximum atomic E-state index is 13.2. The van der Waals surface area contributed by atoms with Crippen molar-refractivity contribution in [1.82, 2.24) is 10.2 Å². The van der Waals surface area contributed by atoms with Crippen molar-refractivity contribution in [1.29, 1.82) is 5.26 Å². The quantitative estimate of drug-likeness (QED) is 0.699. The Morgan fingerprint density at radius 2 is 1.91 bits per heavy atom. The molecule has 0 saturated carbocycles. The number of carbonyl (C=O) groups is 3. The number of fused-ring (bicyclic) bond motifs is 1. The fraction of sp³-hybridized carbons (Fsp3) is 0.304. The molecule has 0 aromatic heterocycles. The highest BCUT2D eigenvalue weighted by Crippen LogP contribution is 2.37. The fourth-order valence-corrected chi connectivity index (χ4v) is 3.75. The van der Waals surface area contributed by atoms with Crippen LogP contribution in [-0.2, 0) is 15.1 Å². The number of carbonyl (C=O) groups excluding carboxylic acids is 3. The number of anilines is 1. The van der Waals surface area contributed by atoms with Gasteiger partial charge in [0.1, 0.15) is 12.1 Å². The van der Waals surface area contributed by atoms with E-state index >= 15 is 0 Å². The fourth-order valence-electron chi connectivity index (χ4n) is 3.75. The van der Waals surface area contributed by atoms with Crippen LogP contribution in [0.15, 0.2) is 42.5 Å². The molecule has 9 nitrogen and oxygen atoms in total. The van der Waals surface area contributed by atoms with E-state index in [1.807, 2.05) is 25.1 Å². The second kappa shape index (κ2) is 8.23. The summed E-state index contributed by atoms with van der Waals surface area (Å²) in [5.74, 6) is 0.0520. The molecule has 0 radical (unpaired) electrons. The van der Waals surface area contributed by atoms with Crippen LogP contribution in [0.5, 0.6) is 11.5 Å². The molecule has 1 atom stereocenters. The summed E-state index contributed by atoms with van der Waals surface area (Å²) in [5, 5.41) is 11.7. The zero-order valence-electron chi connectivity index (χ0n) is 17.8. The van der Waals surface area contributed by atoms with E-state index in [2.05, 4.69) is 5.32 Å². The third kappa shape index (κ3) is 3.71. The number of urea groups is 1. The van der Waals surface area contributed by atoms with Crippen molar-refractivity contribution >= 4 is 23.5 Å². The predicted octanol–water partition coefficient (Wildman–Crippen LogP) is 2.44. The lowest BCUT2D eigenvalue weighted by molar-refractivity contribution is -0.134. The van der Waals surface area contributed by atoms with Gasteiger partial charge in [0, 0.05) is 12.2 Å². The summed E-state index contributed by atoms with van der Waals surface area (Å²) in [7, 11) is 0. The monoisotopic (exact) mass is 434 g/mol. The SMILES string of the molecule is Cc1ccc(N(CCC#N)C(=O)CN2C(=O)NC(C)(c3ccc4c(c3)OCO4)C2=O)cc1. The molecule has 0 aliphatic carbocycles. The van der Waals surface area contributed by atoms with Crippen LogP contribution in [0.1, 0.15) is 24.5 Å². The molecule has 0 spiro atoms. The highest BCUT2D eigenvalue weighted by atomic mass is 16.7. The largest absolute Gasteiger partial charge is 0.454 e. The third-order valence-corrected chi connectivity index (χ3v) is 5.61. The summed E-state index contributed by atoms with van der Waals surface area (Å²) < 4.78 is 10.7. The second-order valence-corrected chi connectivity index (χ2v) is 7.80. The molecule has 0 bridgehead atoms. The number of rotatable bonds is 6. The minimum Gasteiger partial charge on any atom is -0.454 e. The zero-order chi connectivity index (χ0) is 22.9. The van der Waals surface area contributed by atoms with Gasteiger partial charge in [-0.1, -0.05) is 23.8 Å². The molecule has 2 aliphatic heterocycles. The molecular weight excluding hydrogens is 412 g/mol. The van der Waals surface area contributed by atoms with E-state index in [-0.39, 0.29) is 19.8 Å². The van der Waals surface area contributed by atoms with Crippen LogP contribution in [-0.4, -0.2) is 42.6 Å². The smallest absolute Gasteiger partial charge is 0.325 e. The van der Waals surface area contributed by atoms with Crippen LogP contribution >= 0.6 is 0 Å². The maximum Gasteiger partial charge on any atom is 0.325 e. The predicted molar refractivity (Wildman–Crippen MR) is 114 cm³/mol. The Kier molecular flexibility index (Phi) is 5.45. The molecule has 2 aliphatic rings. The van der Waals surface area contributed by atoms with Gasteiger partial charge in [0.2, 0.25) is 12.7 Å². The molecule has 164 valence electrons. The van der Waals surface area contributed by atoms with Crippen molar-refractivity contribution in [3.8, 4) is 17.6 Å². The van der Waals surface area contributed by atoms with Gasteiger partial charge in [0.15, 0.2) is 11.5 Å². The molecule has 4 amide bonds. The number of ether oxygens (including phenoxy) is 2. The van der Waals surface area contributed by atoms with Crippen molar-refractivity contribution in [2.24, 2.45) is 0 Å². The standard InChI is InChI=1S/C23H22N4O5/c1-15-4-7-17(8-5-15)26(11-3-10-24)20(28)13-27-21(29)23(2,25-22(27)30)16-6-9-18-19(12-16)32-14-31-18/h4-9,12H,3,11,13-14H2,1-2H3,(H,25,30). The van der Waals surface area contributed by atoms with E-state index in [1.54, 1.807) is 37.3 Å². The van der Waals surface area contributed by atoms with Crippen molar-refractivity contribution in [3.63, 3.8) is 0 Å². The molecule has 1 saturated heterocycles. The molecule has 9 heteroatoms. The summed E-state index contributed by atoms with van der Waals surface area (Å²) >= 11 is 0. The molecule has 2 aromatic carbocycles. The average molecular weight is 434 g/mol. The van der Waals surface area contributed by atoms with E-state index in [0.717, 1.165) is 10.5 Å². The molecule has 4 rings (SSSR count). The minimum absolute atomic E-state index is 0.0912. The molecule has 1 N–H and O–H groups in total. The van der Waals surface area contributed by atoms with Gasteiger partial charge >= 0.3 is 6.03 Å². The normalized spacial score (nSPS) is 19.0. The lowest BCUT2D eigenvalue weighted by atomic mass is 9.91. The van der Waals surface area contributed by atoms with Crippen LogP contribution < -0.4 is 19.7 Å². The lowest BCUT2D eigenvalue weighted by Gasteiger charge is -2.25. The Labute approximate surface area is 185 Å². The minimum atomic E-state index is -1.35. The first-order chi connectivity index (χ1) is 15.3. The first-order valence-electron chi connectivity index (χ1n) is 10.1. The third-order valence-electron chi connectivity index (χ3n) is 5.61. The van der Waals surface area contributed by atoms with Crippen molar-refractivity contribution in [3.05, 3.63) is 53.6 Å². The number of hydrogen-bond acceptors (Lipinski definition) is 6. The number of nitriles is 1. The number of nitrogens with zero attached hydrogens (tertiary/aromatic N) is 3. The first-order valence-corrected chi connectivity index (χ1v) is 10.1. The highest BCUT2D eigenvalue weighted by Gasteiger charge is 2.50. The number of amides is 4. The second-order valence-electron chi connectivity index (χ2n) is 7.80. The molecule has 32 heavy (non-hydrogen) atoms. The Morgan fingerprint density at radius 3 is 2.62 bits per heavy atom. The van der Waals surface area contributed by atoms with Gasteiger partial charge in [0.05, 0.1) is 12.5 Å². The number of aryl methyl sites for hydroxylation is 1. The molecule has 2 aromatic rings. The molecular formula is C23H22N4O5. The maximum absolute atomic E-state index is 13.2. The highest BCUT2D eigenvalue weighted by molar-refractivity contribution is 6.10. The van der Waals surface area contributed by atoms with E-state index in [0.29, 0.717) is 22.7 Å². The first kappa shape index (κ1) is 21.2. The van der Waals surface area contributed by atoms with Crippen molar-refractivity contribution in [2.75, 3.05) is 24.8 Å². The van der Waals surface area contributed by atoms with Crippen molar-refractivity contribution in [2.45, 2.75) is 25.8 Å². The Morgan fingerprint density at radius 1 is 1.19 bits per heavy atom. The Bertz CT molecular complexity index is 1120. The van der Waals surface area contributed by atoms with E-state index in [9.17, 15) is 14.4 Å². The number of imide groups is 1. The van der Waals surface area contributed by atoms with Gasteiger partial charge in [-0.05, 0) is 43.7 Å². The van der Waals surface area contributed by atoms with E-state index in [1.165, 1.54) is 4.90 Å². The van der Waals surface area contributed by atoms with Crippen LogP contribution in [0.4, 0.5) is 10.5 Å². The average Bonchev–Trinajstić information content (AvgIpc) is 3.33. The zero-order valence-corrected chi connectivity index (χ0v) is 17.8. The van der Waals surface area contributed by atoms with E-state index in [4.69, 9.17) is 14.7 Å². The van der Waals surface area contributed by atoms with Gasteiger partial charge in [-0.15, -0.1) is 0 Å². The topological polar surface area (TPSA) is 112 Å².